The number of hydrogen-bond acceptors (Lipinski definition) is 2. The van der Waals surface area contributed by atoms with Crippen LogP contribution in [0.4, 0.5) is 0 Å². The summed E-state index contributed by atoms with van der Waals surface area (Å²) in [4.78, 5) is 2.32. The topological polar surface area (TPSA) is 29.3 Å². The molecule has 2 N–H and O–H groups in total. The van der Waals surface area contributed by atoms with E-state index in [9.17, 15) is 0 Å². The van der Waals surface area contributed by atoms with Crippen LogP contribution in [0.2, 0.25) is 0 Å². The first-order valence-corrected chi connectivity index (χ1v) is 5.16. The lowest BCUT2D eigenvalue weighted by Crippen LogP contribution is -2.29. The highest BCUT2D eigenvalue weighted by atomic mass is 15.2. The Morgan fingerprint density at radius 3 is 2.43 bits per heavy atom. The molecule has 0 saturated heterocycles. The molecule has 1 fully saturated rings. The Morgan fingerprint density at radius 2 is 1.93 bits per heavy atom. The first kappa shape index (κ1) is 9.69. The minimum absolute atomic E-state index is 0.288. The van der Waals surface area contributed by atoms with E-state index in [-0.39, 0.29) is 5.54 Å². The standard InChI is InChI=1S/C12H18N2/c1-14(2)12(7-8-12)11-6-4-3-5-10(11)9-13/h3-6H,7-9,13H2,1-2H3. The third-order valence-corrected chi connectivity index (χ3v) is 3.32. The van der Waals surface area contributed by atoms with Crippen molar-refractivity contribution in [3.63, 3.8) is 0 Å². The van der Waals surface area contributed by atoms with E-state index in [2.05, 4.69) is 43.3 Å². The fourth-order valence-electron chi connectivity index (χ4n) is 2.23. The molecule has 1 aliphatic carbocycles. The van der Waals surface area contributed by atoms with Gasteiger partial charge in [-0.2, -0.15) is 0 Å². The molecule has 2 heteroatoms. The number of rotatable bonds is 3. The van der Waals surface area contributed by atoms with Crippen molar-refractivity contribution in [1.82, 2.24) is 4.90 Å². The molecule has 0 amide bonds. The minimum atomic E-state index is 0.288. The van der Waals surface area contributed by atoms with Gasteiger partial charge in [-0.15, -0.1) is 0 Å². The quantitative estimate of drug-likeness (QED) is 0.786. The zero-order valence-corrected chi connectivity index (χ0v) is 8.96. The van der Waals surface area contributed by atoms with Crippen molar-refractivity contribution in [2.75, 3.05) is 14.1 Å². The fourth-order valence-corrected chi connectivity index (χ4v) is 2.23. The van der Waals surface area contributed by atoms with Gasteiger partial charge in [0.25, 0.3) is 0 Å². The molecule has 2 rings (SSSR count). The molecule has 0 unspecified atom stereocenters. The Hall–Kier alpha value is -0.860. The number of benzene rings is 1. The molecule has 2 nitrogen and oxygen atoms in total. The van der Waals surface area contributed by atoms with Crippen molar-refractivity contribution in [3.8, 4) is 0 Å². The van der Waals surface area contributed by atoms with Gasteiger partial charge < -0.3 is 5.73 Å². The predicted molar refractivity (Wildman–Crippen MR) is 58.9 cm³/mol. The van der Waals surface area contributed by atoms with Crippen LogP contribution in [0.15, 0.2) is 24.3 Å². The molecule has 14 heavy (non-hydrogen) atoms. The van der Waals surface area contributed by atoms with Crippen molar-refractivity contribution >= 4 is 0 Å². The van der Waals surface area contributed by atoms with Crippen molar-refractivity contribution in [3.05, 3.63) is 35.4 Å². The monoisotopic (exact) mass is 190 g/mol. The smallest absolute Gasteiger partial charge is 0.0459 e. The van der Waals surface area contributed by atoms with Gasteiger partial charge >= 0.3 is 0 Å². The predicted octanol–water partition coefficient (Wildman–Crippen LogP) is 1.70. The van der Waals surface area contributed by atoms with Crippen LogP contribution < -0.4 is 5.73 Å². The van der Waals surface area contributed by atoms with Gasteiger partial charge in [0.1, 0.15) is 0 Å². The first-order valence-electron chi connectivity index (χ1n) is 5.16. The summed E-state index contributed by atoms with van der Waals surface area (Å²) >= 11 is 0. The van der Waals surface area contributed by atoms with E-state index in [0.717, 1.165) is 0 Å². The van der Waals surface area contributed by atoms with E-state index in [1.54, 1.807) is 0 Å². The highest BCUT2D eigenvalue weighted by molar-refractivity contribution is 5.37. The van der Waals surface area contributed by atoms with E-state index >= 15 is 0 Å². The maximum atomic E-state index is 5.76. The molecule has 0 bridgehead atoms. The molecule has 0 aliphatic heterocycles. The van der Waals surface area contributed by atoms with Crippen molar-refractivity contribution in [1.29, 1.82) is 0 Å². The second-order valence-corrected chi connectivity index (χ2v) is 4.29. The van der Waals surface area contributed by atoms with E-state index in [1.165, 1.54) is 24.0 Å². The highest BCUT2D eigenvalue weighted by Crippen LogP contribution is 2.50. The molecular weight excluding hydrogens is 172 g/mol. The largest absolute Gasteiger partial charge is 0.326 e. The molecule has 0 heterocycles. The van der Waals surface area contributed by atoms with Crippen LogP contribution in [-0.4, -0.2) is 19.0 Å². The lowest BCUT2D eigenvalue weighted by molar-refractivity contribution is 0.274. The van der Waals surface area contributed by atoms with Gasteiger partial charge in [0.2, 0.25) is 0 Å². The van der Waals surface area contributed by atoms with Crippen LogP contribution in [0.25, 0.3) is 0 Å². The average molecular weight is 190 g/mol. The maximum absolute atomic E-state index is 5.76. The molecule has 1 aliphatic rings. The summed E-state index contributed by atoms with van der Waals surface area (Å²) in [7, 11) is 4.31. The Bertz CT molecular complexity index is 327. The van der Waals surface area contributed by atoms with Crippen LogP contribution in [0.3, 0.4) is 0 Å². The van der Waals surface area contributed by atoms with Crippen LogP contribution in [0.5, 0.6) is 0 Å². The summed E-state index contributed by atoms with van der Waals surface area (Å²) in [5, 5.41) is 0. The van der Waals surface area contributed by atoms with Gasteiger partial charge in [-0.1, -0.05) is 24.3 Å². The second-order valence-electron chi connectivity index (χ2n) is 4.29. The maximum Gasteiger partial charge on any atom is 0.0459 e. The van der Waals surface area contributed by atoms with E-state index in [0.29, 0.717) is 6.54 Å². The Labute approximate surface area is 85.7 Å². The normalized spacial score (nSPS) is 18.6. The van der Waals surface area contributed by atoms with Crippen LogP contribution >= 0.6 is 0 Å². The molecule has 1 aromatic carbocycles. The molecule has 1 saturated carbocycles. The van der Waals surface area contributed by atoms with Gasteiger partial charge in [0.15, 0.2) is 0 Å². The lowest BCUT2D eigenvalue weighted by Gasteiger charge is -2.26. The number of nitrogens with two attached hydrogens (primary N) is 1. The molecule has 0 spiro atoms. The van der Waals surface area contributed by atoms with Crippen molar-refractivity contribution in [2.45, 2.75) is 24.9 Å². The zero-order chi connectivity index (χ0) is 10.2. The zero-order valence-electron chi connectivity index (χ0n) is 8.96. The first-order chi connectivity index (χ1) is 6.70. The van der Waals surface area contributed by atoms with Crippen molar-refractivity contribution in [2.24, 2.45) is 5.73 Å². The third kappa shape index (κ3) is 1.35. The molecule has 0 aromatic heterocycles. The average Bonchev–Trinajstić information content (AvgIpc) is 2.98. The number of hydrogen-bond donors (Lipinski definition) is 1. The SMILES string of the molecule is CN(C)C1(c2ccccc2CN)CC1. The van der Waals surface area contributed by atoms with Gasteiger partial charge in [-0.25, -0.2) is 0 Å². The van der Waals surface area contributed by atoms with Crippen LogP contribution in [0, 0.1) is 0 Å². The summed E-state index contributed by atoms with van der Waals surface area (Å²) in [6.45, 7) is 0.645. The minimum Gasteiger partial charge on any atom is -0.326 e. The van der Waals surface area contributed by atoms with E-state index < -0.39 is 0 Å². The van der Waals surface area contributed by atoms with Crippen LogP contribution in [0.1, 0.15) is 24.0 Å². The summed E-state index contributed by atoms with van der Waals surface area (Å²) in [5.74, 6) is 0. The number of nitrogens with zero attached hydrogens (tertiary/aromatic N) is 1. The molecule has 1 aromatic rings. The van der Waals surface area contributed by atoms with Crippen LogP contribution in [-0.2, 0) is 12.1 Å². The Morgan fingerprint density at radius 1 is 1.29 bits per heavy atom. The second kappa shape index (κ2) is 3.37. The molecule has 0 radical (unpaired) electrons. The van der Waals surface area contributed by atoms with E-state index in [1.807, 2.05) is 0 Å². The lowest BCUT2D eigenvalue weighted by atomic mass is 9.97. The molecule has 0 atom stereocenters. The Kier molecular flexibility index (Phi) is 2.33. The van der Waals surface area contributed by atoms with E-state index in [4.69, 9.17) is 5.73 Å². The van der Waals surface area contributed by atoms with Gasteiger partial charge in [-0.3, -0.25) is 4.90 Å². The van der Waals surface area contributed by atoms with Gasteiger partial charge in [0, 0.05) is 12.1 Å². The summed E-state index contributed by atoms with van der Waals surface area (Å²) < 4.78 is 0. The third-order valence-electron chi connectivity index (χ3n) is 3.32. The van der Waals surface area contributed by atoms with Crippen molar-refractivity contribution < 1.29 is 0 Å². The summed E-state index contributed by atoms with van der Waals surface area (Å²) in [5.41, 5.74) is 8.76. The fraction of sp³-hybridized carbons (Fsp3) is 0.500. The summed E-state index contributed by atoms with van der Waals surface area (Å²) in [6, 6.07) is 8.53. The molecule has 76 valence electrons. The Balaban J connectivity index is 2.41. The molecular formula is C12H18N2. The van der Waals surface area contributed by atoms with Gasteiger partial charge in [-0.05, 0) is 38.1 Å². The summed E-state index contributed by atoms with van der Waals surface area (Å²) in [6.07, 6.45) is 2.52. The van der Waals surface area contributed by atoms with Gasteiger partial charge in [0.05, 0.1) is 0 Å². The highest BCUT2D eigenvalue weighted by Gasteiger charge is 2.47.